The van der Waals surface area contributed by atoms with Crippen molar-refractivity contribution in [3.05, 3.63) is 28.2 Å². The molecule has 14 heavy (non-hydrogen) atoms. The predicted octanol–water partition coefficient (Wildman–Crippen LogP) is 2.70. The minimum Gasteiger partial charge on any atom is -0.383 e. The molecule has 0 saturated carbocycles. The van der Waals surface area contributed by atoms with Gasteiger partial charge in [-0.3, -0.25) is 0 Å². The predicted molar refractivity (Wildman–Crippen MR) is 63.6 cm³/mol. The Bertz CT molecular complexity index is 336. The fraction of sp³-hybridized carbons (Fsp3) is 0.455. The summed E-state index contributed by atoms with van der Waals surface area (Å²) in [6.45, 7) is 3.08. The number of hydrogen-bond donors (Lipinski definition) is 2. The second kappa shape index (κ2) is 3.91. The Balaban J connectivity index is 2.26. The molecule has 2 atom stereocenters. The third kappa shape index (κ3) is 1.79. The Kier molecular flexibility index (Phi) is 2.79. The summed E-state index contributed by atoms with van der Waals surface area (Å²) in [5.41, 5.74) is 8.48. The number of nitrogens with one attached hydrogen (secondary N) is 1. The molecule has 1 aliphatic rings. The van der Waals surface area contributed by atoms with Crippen LogP contribution in [0, 0.1) is 0 Å². The Hall–Kier alpha value is -0.540. The summed E-state index contributed by atoms with van der Waals surface area (Å²) in [5.74, 6) is 0.572. The molecule has 0 aromatic heterocycles. The SMILES string of the molecule is CC(N)CC1CNc2c(Br)cccc21. The second-order valence-corrected chi connectivity index (χ2v) is 4.85. The molecule has 0 fully saturated rings. The van der Waals surface area contributed by atoms with E-state index in [2.05, 4.69) is 46.4 Å². The van der Waals surface area contributed by atoms with Crippen LogP contribution in [0.4, 0.5) is 5.69 Å². The summed E-state index contributed by atoms with van der Waals surface area (Å²) in [5, 5.41) is 3.42. The van der Waals surface area contributed by atoms with Gasteiger partial charge in [-0.1, -0.05) is 12.1 Å². The Labute approximate surface area is 93.0 Å². The molecule has 0 amide bonds. The normalized spacial score (nSPS) is 21.5. The van der Waals surface area contributed by atoms with E-state index in [9.17, 15) is 0 Å². The van der Waals surface area contributed by atoms with Crippen molar-refractivity contribution in [3.8, 4) is 0 Å². The first-order valence-corrected chi connectivity index (χ1v) is 5.75. The molecular weight excluding hydrogens is 240 g/mol. The number of rotatable bonds is 2. The van der Waals surface area contributed by atoms with Crippen molar-refractivity contribution in [1.82, 2.24) is 0 Å². The van der Waals surface area contributed by atoms with Gasteiger partial charge in [-0.2, -0.15) is 0 Å². The van der Waals surface area contributed by atoms with Gasteiger partial charge in [0.25, 0.3) is 0 Å². The average molecular weight is 255 g/mol. The molecule has 3 heteroatoms. The van der Waals surface area contributed by atoms with Crippen molar-refractivity contribution in [3.63, 3.8) is 0 Å². The standard InChI is InChI=1S/C11H15BrN2/c1-7(13)5-8-6-14-11-9(8)3-2-4-10(11)12/h2-4,7-8,14H,5-6,13H2,1H3. The van der Waals surface area contributed by atoms with Gasteiger partial charge in [-0.25, -0.2) is 0 Å². The number of fused-ring (bicyclic) bond motifs is 1. The fourth-order valence-electron chi connectivity index (χ4n) is 2.06. The van der Waals surface area contributed by atoms with Crippen LogP contribution in [0.15, 0.2) is 22.7 Å². The number of nitrogens with two attached hydrogens (primary N) is 1. The molecular formula is C11H15BrN2. The summed E-state index contributed by atoms with van der Waals surface area (Å²) in [7, 11) is 0. The highest BCUT2D eigenvalue weighted by molar-refractivity contribution is 9.10. The summed E-state index contributed by atoms with van der Waals surface area (Å²) in [4.78, 5) is 0. The third-order valence-electron chi connectivity index (χ3n) is 2.67. The fourth-order valence-corrected chi connectivity index (χ4v) is 2.58. The Morgan fingerprint density at radius 1 is 1.64 bits per heavy atom. The number of para-hydroxylation sites is 1. The second-order valence-electron chi connectivity index (χ2n) is 3.99. The maximum absolute atomic E-state index is 5.83. The first-order chi connectivity index (χ1) is 6.68. The lowest BCUT2D eigenvalue weighted by Gasteiger charge is -2.12. The molecule has 76 valence electrons. The van der Waals surface area contributed by atoms with E-state index in [1.165, 1.54) is 11.3 Å². The Morgan fingerprint density at radius 2 is 2.43 bits per heavy atom. The van der Waals surface area contributed by atoms with Crippen LogP contribution < -0.4 is 11.1 Å². The van der Waals surface area contributed by atoms with E-state index in [4.69, 9.17) is 5.73 Å². The van der Waals surface area contributed by atoms with Crippen LogP contribution in [0.3, 0.4) is 0 Å². The molecule has 0 bridgehead atoms. The molecule has 2 nitrogen and oxygen atoms in total. The zero-order chi connectivity index (χ0) is 10.1. The highest BCUT2D eigenvalue weighted by Gasteiger charge is 2.23. The van der Waals surface area contributed by atoms with Gasteiger partial charge in [0.1, 0.15) is 0 Å². The zero-order valence-corrected chi connectivity index (χ0v) is 9.84. The minimum absolute atomic E-state index is 0.270. The number of halogens is 1. The monoisotopic (exact) mass is 254 g/mol. The minimum atomic E-state index is 0.270. The maximum Gasteiger partial charge on any atom is 0.0520 e. The molecule has 1 aromatic carbocycles. The van der Waals surface area contributed by atoms with Gasteiger partial charge in [-0.15, -0.1) is 0 Å². The highest BCUT2D eigenvalue weighted by Crippen LogP contribution is 2.38. The first kappa shape index (κ1) is 9.99. The van der Waals surface area contributed by atoms with Crippen LogP contribution in [0.25, 0.3) is 0 Å². The van der Waals surface area contributed by atoms with Gasteiger partial charge in [-0.05, 0) is 40.9 Å². The lowest BCUT2D eigenvalue weighted by atomic mass is 9.95. The summed E-state index contributed by atoms with van der Waals surface area (Å²) >= 11 is 3.55. The van der Waals surface area contributed by atoms with Crippen LogP contribution >= 0.6 is 15.9 Å². The highest BCUT2D eigenvalue weighted by atomic mass is 79.9. The molecule has 0 spiro atoms. The van der Waals surface area contributed by atoms with Crippen molar-refractivity contribution in [2.45, 2.75) is 25.3 Å². The van der Waals surface area contributed by atoms with E-state index in [0.29, 0.717) is 5.92 Å². The Morgan fingerprint density at radius 3 is 3.14 bits per heavy atom. The largest absolute Gasteiger partial charge is 0.383 e. The molecule has 2 rings (SSSR count). The van der Waals surface area contributed by atoms with Gasteiger partial charge in [0.15, 0.2) is 0 Å². The molecule has 1 aromatic rings. The van der Waals surface area contributed by atoms with E-state index >= 15 is 0 Å². The number of benzene rings is 1. The van der Waals surface area contributed by atoms with Crippen molar-refractivity contribution in [2.24, 2.45) is 5.73 Å². The van der Waals surface area contributed by atoms with Gasteiger partial charge in [0.2, 0.25) is 0 Å². The number of anilines is 1. The van der Waals surface area contributed by atoms with E-state index in [-0.39, 0.29) is 6.04 Å². The van der Waals surface area contributed by atoms with E-state index in [1.807, 2.05) is 0 Å². The lowest BCUT2D eigenvalue weighted by molar-refractivity contribution is 0.584. The van der Waals surface area contributed by atoms with Crippen LogP contribution in [-0.2, 0) is 0 Å². The molecule has 3 N–H and O–H groups in total. The van der Waals surface area contributed by atoms with Crippen LogP contribution in [-0.4, -0.2) is 12.6 Å². The first-order valence-electron chi connectivity index (χ1n) is 4.96. The topological polar surface area (TPSA) is 38.0 Å². The van der Waals surface area contributed by atoms with Crippen molar-refractivity contribution in [1.29, 1.82) is 0 Å². The third-order valence-corrected chi connectivity index (χ3v) is 3.33. The van der Waals surface area contributed by atoms with Gasteiger partial charge >= 0.3 is 0 Å². The van der Waals surface area contributed by atoms with Gasteiger partial charge in [0.05, 0.1) is 5.69 Å². The molecule has 0 saturated heterocycles. The van der Waals surface area contributed by atoms with Crippen molar-refractivity contribution in [2.75, 3.05) is 11.9 Å². The van der Waals surface area contributed by atoms with Gasteiger partial charge < -0.3 is 11.1 Å². The van der Waals surface area contributed by atoms with Crippen molar-refractivity contribution >= 4 is 21.6 Å². The number of hydrogen-bond acceptors (Lipinski definition) is 2. The smallest absolute Gasteiger partial charge is 0.0520 e. The maximum atomic E-state index is 5.83. The lowest BCUT2D eigenvalue weighted by Crippen LogP contribution is -2.19. The van der Waals surface area contributed by atoms with Crippen LogP contribution in [0.2, 0.25) is 0 Å². The summed E-state index contributed by atoms with van der Waals surface area (Å²) in [6.07, 6.45) is 1.05. The van der Waals surface area contributed by atoms with Crippen LogP contribution in [0.5, 0.6) is 0 Å². The molecule has 1 aliphatic heterocycles. The molecule has 0 aliphatic carbocycles. The van der Waals surface area contributed by atoms with Crippen LogP contribution in [0.1, 0.15) is 24.8 Å². The molecule has 2 unspecified atom stereocenters. The van der Waals surface area contributed by atoms with E-state index in [0.717, 1.165) is 17.4 Å². The van der Waals surface area contributed by atoms with Gasteiger partial charge in [0, 0.05) is 23.0 Å². The summed E-state index contributed by atoms with van der Waals surface area (Å²) in [6, 6.07) is 6.61. The average Bonchev–Trinajstić information content (AvgIpc) is 2.49. The van der Waals surface area contributed by atoms with E-state index < -0.39 is 0 Å². The quantitative estimate of drug-likeness (QED) is 0.852. The summed E-state index contributed by atoms with van der Waals surface area (Å²) < 4.78 is 1.15. The zero-order valence-electron chi connectivity index (χ0n) is 8.26. The van der Waals surface area contributed by atoms with E-state index in [1.54, 1.807) is 0 Å². The van der Waals surface area contributed by atoms with Crippen molar-refractivity contribution < 1.29 is 0 Å². The molecule has 0 radical (unpaired) electrons. The molecule has 1 heterocycles.